The van der Waals surface area contributed by atoms with Gasteiger partial charge in [-0.1, -0.05) is 0 Å². The van der Waals surface area contributed by atoms with Crippen LogP contribution in [0.15, 0.2) is 24.3 Å². The topological polar surface area (TPSA) is 122 Å². The summed E-state index contributed by atoms with van der Waals surface area (Å²) in [4.78, 5) is 44.3. The van der Waals surface area contributed by atoms with Gasteiger partial charge in [0.1, 0.15) is 11.8 Å². The number of hydrogen-bond donors (Lipinski definition) is 3. The molecule has 0 bridgehead atoms. The van der Waals surface area contributed by atoms with E-state index >= 15 is 0 Å². The van der Waals surface area contributed by atoms with Gasteiger partial charge in [0, 0.05) is 25.3 Å². The molecule has 1 aromatic rings. The van der Waals surface area contributed by atoms with E-state index in [-0.39, 0.29) is 17.4 Å². The van der Waals surface area contributed by atoms with Gasteiger partial charge in [-0.25, -0.2) is 9.59 Å². The van der Waals surface area contributed by atoms with E-state index in [0.29, 0.717) is 17.4 Å². The number of rotatable bonds is 6. The molecular weight excluding hydrogens is 324 g/mol. The second-order valence-electron chi connectivity index (χ2n) is 4.46. The molecule has 0 aliphatic carbocycles. The maximum atomic E-state index is 11.7. The zero-order valence-electron chi connectivity index (χ0n) is 12.5. The minimum Gasteiger partial charge on any atom is -0.480 e. The average Bonchev–Trinajstić information content (AvgIpc) is 2.44. The first-order valence-electron chi connectivity index (χ1n) is 6.50. The predicted molar refractivity (Wildman–Crippen MR) is 84.5 cm³/mol. The first-order valence-corrected chi connectivity index (χ1v) is 7.48. The van der Waals surface area contributed by atoms with Crippen molar-refractivity contribution in [3.63, 3.8) is 0 Å². The van der Waals surface area contributed by atoms with Crippen LogP contribution in [-0.4, -0.2) is 40.0 Å². The summed E-state index contributed by atoms with van der Waals surface area (Å²) in [5.41, 5.74) is 0.557. The summed E-state index contributed by atoms with van der Waals surface area (Å²) in [6.45, 7) is 2.56. The van der Waals surface area contributed by atoms with E-state index in [1.807, 2.05) is 0 Å². The highest BCUT2D eigenvalue weighted by atomic mass is 32.2. The third-order valence-electron chi connectivity index (χ3n) is 2.42. The zero-order valence-corrected chi connectivity index (χ0v) is 13.3. The van der Waals surface area contributed by atoms with Crippen LogP contribution in [0.4, 0.5) is 10.5 Å². The van der Waals surface area contributed by atoms with E-state index in [4.69, 9.17) is 9.84 Å². The molecule has 9 heteroatoms. The number of aliphatic carboxylic acids is 1. The van der Waals surface area contributed by atoms with Gasteiger partial charge in [0.25, 0.3) is 0 Å². The number of benzene rings is 1. The molecule has 2 amide bonds. The SMILES string of the molecule is CC(=O)Nc1ccc(OC(=O)SCC(NC(C)=O)C(=O)O)cc1. The lowest BCUT2D eigenvalue weighted by Crippen LogP contribution is -2.41. The molecule has 0 saturated carbocycles. The fourth-order valence-electron chi connectivity index (χ4n) is 1.51. The van der Waals surface area contributed by atoms with Crippen molar-refractivity contribution in [2.24, 2.45) is 0 Å². The normalized spacial score (nSPS) is 11.2. The monoisotopic (exact) mass is 340 g/mol. The first-order chi connectivity index (χ1) is 10.8. The van der Waals surface area contributed by atoms with Crippen LogP contribution in [0, 0.1) is 0 Å². The lowest BCUT2D eigenvalue weighted by atomic mass is 10.3. The Morgan fingerprint density at radius 1 is 1.13 bits per heavy atom. The number of hydrogen-bond acceptors (Lipinski definition) is 6. The number of nitrogens with one attached hydrogen (secondary N) is 2. The molecule has 0 saturated heterocycles. The Morgan fingerprint density at radius 2 is 1.74 bits per heavy atom. The van der Waals surface area contributed by atoms with Crippen molar-refractivity contribution >= 4 is 40.5 Å². The van der Waals surface area contributed by atoms with Crippen LogP contribution in [-0.2, 0) is 14.4 Å². The van der Waals surface area contributed by atoms with E-state index in [1.54, 1.807) is 12.1 Å². The second-order valence-corrected chi connectivity index (χ2v) is 5.42. The molecule has 1 aromatic carbocycles. The van der Waals surface area contributed by atoms with Crippen molar-refractivity contribution < 1.29 is 29.0 Å². The molecular formula is C14H16N2O6S. The van der Waals surface area contributed by atoms with Crippen molar-refractivity contribution in [3.05, 3.63) is 24.3 Å². The van der Waals surface area contributed by atoms with Crippen molar-refractivity contribution in [1.29, 1.82) is 0 Å². The molecule has 0 aliphatic heterocycles. The molecule has 23 heavy (non-hydrogen) atoms. The van der Waals surface area contributed by atoms with Crippen LogP contribution in [0.5, 0.6) is 5.75 Å². The van der Waals surface area contributed by atoms with Crippen molar-refractivity contribution in [2.45, 2.75) is 19.9 Å². The Balaban J connectivity index is 2.51. The molecule has 0 fully saturated rings. The molecule has 1 unspecified atom stereocenters. The Labute approximate surface area is 136 Å². The fourth-order valence-corrected chi connectivity index (χ4v) is 2.19. The third-order valence-corrected chi connectivity index (χ3v) is 3.24. The van der Waals surface area contributed by atoms with E-state index in [9.17, 15) is 19.2 Å². The lowest BCUT2D eigenvalue weighted by molar-refractivity contribution is -0.140. The van der Waals surface area contributed by atoms with Crippen molar-refractivity contribution in [1.82, 2.24) is 5.32 Å². The largest absolute Gasteiger partial charge is 0.480 e. The number of thioether (sulfide) groups is 1. The number of ether oxygens (including phenoxy) is 1. The summed E-state index contributed by atoms with van der Waals surface area (Å²) in [5, 5.41) is 13.0. The molecule has 8 nitrogen and oxygen atoms in total. The second kappa shape index (κ2) is 8.79. The van der Waals surface area contributed by atoms with E-state index in [2.05, 4.69) is 10.6 Å². The number of carbonyl (C=O) groups is 4. The van der Waals surface area contributed by atoms with Crippen LogP contribution in [0.3, 0.4) is 0 Å². The van der Waals surface area contributed by atoms with Gasteiger partial charge in [-0.15, -0.1) is 0 Å². The Morgan fingerprint density at radius 3 is 2.22 bits per heavy atom. The van der Waals surface area contributed by atoms with Crippen molar-refractivity contribution in [2.75, 3.05) is 11.1 Å². The van der Waals surface area contributed by atoms with Gasteiger partial charge < -0.3 is 20.5 Å². The van der Waals surface area contributed by atoms with Gasteiger partial charge in [-0.3, -0.25) is 9.59 Å². The molecule has 0 aliphatic rings. The minimum absolute atomic E-state index is 0.155. The highest BCUT2D eigenvalue weighted by molar-refractivity contribution is 8.13. The maximum absolute atomic E-state index is 11.7. The Bertz CT molecular complexity index is 602. The molecule has 124 valence electrons. The number of carbonyl (C=O) groups excluding carboxylic acids is 3. The predicted octanol–water partition coefficient (Wildman–Crippen LogP) is 1.47. The summed E-state index contributed by atoms with van der Waals surface area (Å²) in [7, 11) is 0. The molecule has 0 heterocycles. The Kier molecular flexibility index (Phi) is 7.07. The Hall–Kier alpha value is -2.55. The summed E-state index contributed by atoms with van der Waals surface area (Å²) in [6.07, 6.45) is 0. The molecule has 3 N–H and O–H groups in total. The molecule has 0 spiro atoms. The van der Waals surface area contributed by atoms with Gasteiger partial charge in [0.15, 0.2) is 0 Å². The minimum atomic E-state index is -1.24. The summed E-state index contributed by atoms with van der Waals surface area (Å²) >= 11 is 0.638. The lowest BCUT2D eigenvalue weighted by Gasteiger charge is -2.12. The standard InChI is InChI=1S/C14H16N2O6S/c1-8(17)15-10-3-5-11(6-4-10)22-14(21)23-7-12(13(19)20)16-9(2)18/h3-6,12H,7H2,1-2H3,(H,15,17)(H,16,18)(H,19,20). The number of carboxylic acid groups (broad SMARTS) is 1. The molecule has 0 radical (unpaired) electrons. The van der Waals surface area contributed by atoms with Gasteiger partial charge in [0.05, 0.1) is 0 Å². The van der Waals surface area contributed by atoms with Gasteiger partial charge in [0.2, 0.25) is 11.8 Å². The van der Waals surface area contributed by atoms with Crippen LogP contribution < -0.4 is 15.4 Å². The van der Waals surface area contributed by atoms with E-state index in [1.165, 1.54) is 26.0 Å². The third kappa shape index (κ3) is 7.32. The molecule has 1 rings (SSSR count). The van der Waals surface area contributed by atoms with Gasteiger partial charge >= 0.3 is 11.3 Å². The van der Waals surface area contributed by atoms with Crippen LogP contribution >= 0.6 is 11.8 Å². The zero-order chi connectivity index (χ0) is 17.4. The van der Waals surface area contributed by atoms with Gasteiger partial charge in [-0.2, -0.15) is 0 Å². The maximum Gasteiger partial charge on any atom is 0.372 e. The number of anilines is 1. The highest BCUT2D eigenvalue weighted by Gasteiger charge is 2.20. The van der Waals surface area contributed by atoms with Crippen LogP contribution in [0.1, 0.15) is 13.8 Å². The van der Waals surface area contributed by atoms with E-state index in [0.717, 1.165) is 0 Å². The molecule has 0 aromatic heterocycles. The first kappa shape index (κ1) is 18.5. The molecule has 1 atom stereocenters. The highest BCUT2D eigenvalue weighted by Crippen LogP contribution is 2.18. The van der Waals surface area contributed by atoms with Crippen LogP contribution in [0.2, 0.25) is 0 Å². The fraction of sp³-hybridized carbons (Fsp3) is 0.286. The van der Waals surface area contributed by atoms with Crippen LogP contribution in [0.25, 0.3) is 0 Å². The summed E-state index contributed by atoms with van der Waals surface area (Å²) < 4.78 is 5.02. The quantitative estimate of drug-likeness (QED) is 0.670. The summed E-state index contributed by atoms with van der Waals surface area (Å²) in [5.74, 6) is -1.86. The van der Waals surface area contributed by atoms with Gasteiger partial charge in [-0.05, 0) is 36.0 Å². The van der Waals surface area contributed by atoms with Crippen molar-refractivity contribution in [3.8, 4) is 5.75 Å². The number of carboxylic acids is 1. The van der Waals surface area contributed by atoms with E-state index < -0.39 is 23.2 Å². The smallest absolute Gasteiger partial charge is 0.372 e. The average molecular weight is 340 g/mol. The number of amides is 2. The summed E-state index contributed by atoms with van der Waals surface area (Å²) in [6, 6.07) is 4.93.